The first-order valence-corrected chi connectivity index (χ1v) is 3.53. The Morgan fingerprint density at radius 1 is 1.67 bits per heavy atom. The van der Waals surface area contributed by atoms with Gasteiger partial charge in [-0.25, -0.2) is 4.99 Å². The molecule has 0 N–H and O–H groups in total. The number of amidine groups is 1. The Kier molecular flexibility index (Phi) is 3.96. The second-order valence-corrected chi connectivity index (χ2v) is 2.05. The molecular weight excluding hydrogens is 136 g/mol. The molecular formula is C5H8N2OS. The van der Waals surface area contributed by atoms with Gasteiger partial charge in [0.25, 0.3) is 0 Å². The highest BCUT2D eigenvalue weighted by molar-refractivity contribution is 8.13. The summed E-state index contributed by atoms with van der Waals surface area (Å²) in [5.74, 6) is -0.244. The minimum atomic E-state index is -0.244. The Morgan fingerprint density at radius 3 is 2.33 bits per heavy atom. The molecule has 0 aromatic heterocycles. The molecule has 0 saturated heterocycles. The second kappa shape index (κ2) is 4.26. The monoisotopic (exact) mass is 144 g/mol. The van der Waals surface area contributed by atoms with Crippen LogP contribution in [0, 0.1) is 0 Å². The van der Waals surface area contributed by atoms with Crippen LogP contribution in [0.4, 0.5) is 0 Å². The molecule has 0 saturated carbocycles. The highest BCUT2D eigenvalue weighted by atomic mass is 32.2. The van der Waals surface area contributed by atoms with Crippen molar-refractivity contribution in [2.24, 2.45) is 9.98 Å². The predicted octanol–water partition coefficient (Wildman–Crippen LogP) is 0.953. The van der Waals surface area contributed by atoms with Crippen LogP contribution < -0.4 is 0 Å². The van der Waals surface area contributed by atoms with Crippen LogP contribution in [0.15, 0.2) is 9.98 Å². The fraction of sp³-hybridized carbons (Fsp3) is 0.400. The maximum Gasteiger partial charge on any atom is 0.245 e. The van der Waals surface area contributed by atoms with Crippen molar-refractivity contribution in [1.29, 1.82) is 0 Å². The molecule has 4 heteroatoms. The van der Waals surface area contributed by atoms with Crippen molar-refractivity contribution in [2.75, 3.05) is 6.26 Å². The SMILES string of the molecule is C=NC(=NC(C)=O)SC. The number of hydrogen-bond acceptors (Lipinski definition) is 2. The third-order valence-corrected chi connectivity index (χ3v) is 1.16. The van der Waals surface area contributed by atoms with E-state index < -0.39 is 0 Å². The molecule has 0 radical (unpaired) electrons. The first-order chi connectivity index (χ1) is 4.20. The smallest absolute Gasteiger partial charge is 0.245 e. The van der Waals surface area contributed by atoms with E-state index in [2.05, 4.69) is 16.7 Å². The highest BCUT2D eigenvalue weighted by Gasteiger charge is 1.91. The summed E-state index contributed by atoms with van der Waals surface area (Å²) >= 11 is 1.30. The molecule has 0 atom stereocenters. The molecule has 1 amide bonds. The molecule has 0 aliphatic rings. The number of hydrogen-bond donors (Lipinski definition) is 0. The van der Waals surface area contributed by atoms with Gasteiger partial charge in [-0.2, -0.15) is 4.99 Å². The molecule has 0 aromatic carbocycles. The lowest BCUT2D eigenvalue weighted by atomic mass is 10.8. The summed E-state index contributed by atoms with van der Waals surface area (Å²) in [7, 11) is 0. The van der Waals surface area contributed by atoms with Crippen molar-refractivity contribution in [2.45, 2.75) is 6.92 Å². The minimum absolute atomic E-state index is 0.244. The van der Waals surface area contributed by atoms with E-state index in [1.807, 2.05) is 0 Å². The number of thioether (sulfide) groups is 1. The lowest BCUT2D eigenvalue weighted by Gasteiger charge is -1.88. The van der Waals surface area contributed by atoms with Gasteiger partial charge in [-0.15, -0.1) is 0 Å². The molecule has 9 heavy (non-hydrogen) atoms. The Hall–Kier alpha value is -0.640. The normalized spacial score (nSPS) is 11.1. The fourth-order valence-corrected chi connectivity index (χ4v) is 0.629. The van der Waals surface area contributed by atoms with Crippen molar-refractivity contribution < 1.29 is 4.79 Å². The molecule has 0 aliphatic carbocycles. The first kappa shape index (κ1) is 8.36. The maximum atomic E-state index is 10.3. The molecule has 50 valence electrons. The average molecular weight is 144 g/mol. The van der Waals surface area contributed by atoms with Gasteiger partial charge in [0.2, 0.25) is 5.91 Å². The summed E-state index contributed by atoms with van der Waals surface area (Å²) in [6.07, 6.45) is 1.79. The van der Waals surface area contributed by atoms with Gasteiger partial charge >= 0.3 is 0 Å². The van der Waals surface area contributed by atoms with Crippen LogP contribution >= 0.6 is 11.8 Å². The van der Waals surface area contributed by atoms with Crippen LogP contribution in [-0.4, -0.2) is 24.0 Å². The Balaban J connectivity index is 4.07. The standard InChI is InChI=1S/C5H8N2OS/c1-4(8)7-5(6-2)9-3/h2H2,1,3H3. The Labute approximate surface area is 58.3 Å². The van der Waals surface area contributed by atoms with Crippen LogP contribution in [0.3, 0.4) is 0 Å². The number of rotatable bonds is 0. The molecule has 0 heterocycles. The largest absolute Gasteiger partial charge is 0.273 e. The van der Waals surface area contributed by atoms with E-state index in [0.29, 0.717) is 5.17 Å². The topological polar surface area (TPSA) is 41.8 Å². The van der Waals surface area contributed by atoms with Gasteiger partial charge in [-0.05, 0) is 13.0 Å². The van der Waals surface area contributed by atoms with Crippen molar-refractivity contribution >= 4 is 29.6 Å². The van der Waals surface area contributed by atoms with E-state index in [1.54, 1.807) is 6.26 Å². The van der Waals surface area contributed by atoms with Gasteiger partial charge in [0, 0.05) is 6.92 Å². The molecule has 0 aliphatic heterocycles. The average Bonchev–Trinajstić information content (AvgIpc) is 1.82. The van der Waals surface area contributed by atoms with Gasteiger partial charge in [0.15, 0.2) is 5.17 Å². The summed E-state index contributed by atoms with van der Waals surface area (Å²) in [5, 5.41) is 0.419. The second-order valence-electron chi connectivity index (χ2n) is 1.28. The van der Waals surface area contributed by atoms with E-state index in [9.17, 15) is 4.79 Å². The van der Waals surface area contributed by atoms with Crippen molar-refractivity contribution in [3.8, 4) is 0 Å². The first-order valence-electron chi connectivity index (χ1n) is 2.30. The molecule has 0 unspecified atom stereocenters. The third-order valence-electron chi connectivity index (χ3n) is 0.571. The summed E-state index contributed by atoms with van der Waals surface area (Å²) < 4.78 is 0. The number of aliphatic imine (C=N–C) groups is 2. The fourth-order valence-electron chi connectivity index (χ4n) is 0.280. The quantitative estimate of drug-likeness (QED) is 0.375. The number of nitrogens with zero attached hydrogens (tertiary/aromatic N) is 2. The summed E-state index contributed by atoms with van der Waals surface area (Å²) in [6.45, 7) is 4.61. The lowest BCUT2D eigenvalue weighted by Crippen LogP contribution is -1.90. The molecule has 0 fully saturated rings. The van der Waals surface area contributed by atoms with Gasteiger partial charge in [0.05, 0.1) is 0 Å². The zero-order valence-corrected chi connectivity index (χ0v) is 6.23. The number of amides is 1. The summed E-state index contributed by atoms with van der Waals surface area (Å²) in [4.78, 5) is 17.3. The van der Waals surface area contributed by atoms with Crippen molar-refractivity contribution in [3.05, 3.63) is 0 Å². The summed E-state index contributed by atoms with van der Waals surface area (Å²) in [5.41, 5.74) is 0. The van der Waals surface area contributed by atoms with Crippen LogP contribution in [-0.2, 0) is 4.79 Å². The van der Waals surface area contributed by atoms with Crippen molar-refractivity contribution in [1.82, 2.24) is 0 Å². The van der Waals surface area contributed by atoms with E-state index in [-0.39, 0.29) is 5.91 Å². The van der Waals surface area contributed by atoms with Gasteiger partial charge < -0.3 is 0 Å². The lowest BCUT2D eigenvalue weighted by molar-refractivity contribution is -0.115. The zero-order valence-electron chi connectivity index (χ0n) is 5.42. The minimum Gasteiger partial charge on any atom is -0.273 e. The number of carbonyl (C=O) groups is 1. The zero-order chi connectivity index (χ0) is 7.28. The van der Waals surface area contributed by atoms with Crippen LogP contribution in [0.2, 0.25) is 0 Å². The summed E-state index contributed by atoms with van der Waals surface area (Å²) in [6, 6.07) is 0. The van der Waals surface area contributed by atoms with Crippen molar-refractivity contribution in [3.63, 3.8) is 0 Å². The Morgan fingerprint density at radius 2 is 2.22 bits per heavy atom. The van der Waals surface area contributed by atoms with Crippen LogP contribution in [0.1, 0.15) is 6.92 Å². The van der Waals surface area contributed by atoms with Gasteiger partial charge in [-0.3, -0.25) is 4.79 Å². The van der Waals surface area contributed by atoms with Crippen LogP contribution in [0.25, 0.3) is 0 Å². The van der Waals surface area contributed by atoms with E-state index in [0.717, 1.165) is 0 Å². The van der Waals surface area contributed by atoms with Gasteiger partial charge in [-0.1, -0.05) is 11.8 Å². The Bertz CT molecular complexity index is 153. The molecule has 0 rings (SSSR count). The number of carbonyl (C=O) groups excluding carboxylic acids is 1. The van der Waals surface area contributed by atoms with Crippen LogP contribution in [0.5, 0.6) is 0 Å². The third kappa shape index (κ3) is 3.90. The molecule has 0 spiro atoms. The molecule has 0 aromatic rings. The molecule has 3 nitrogen and oxygen atoms in total. The highest BCUT2D eigenvalue weighted by Crippen LogP contribution is 1.97. The van der Waals surface area contributed by atoms with E-state index in [1.165, 1.54) is 18.7 Å². The maximum absolute atomic E-state index is 10.3. The predicted molar refractivity (Wildman–Crippen MR) is 41.2 cm³/mol. The molecule has 0 bridgehead atoms. The van der Waals surface area contributed by atoms with E-state index in [4.69, 9.17) is 0 Å². The van der Waals surface area contributed by atoms with E-state index >= 15 is 0 Å². The van der Waals surface area contributed by atoms with Gasteiger partial charge in [0.1, 0.15) is 0 Å².